The van der Waals surface area contributed by atoms with Gasteiger partial charge in [0.2, 0.25) is 0 Å². The second kappa shape index (κ2) is 9.74. The third kappa shape index (κ3) is 5.59. The minimum Gasteiger partial charge on any atom is -0.465 e. The van der Waals surface area contributed by atoms with E-state index in [9.17, 15) is 9.59 Å². The van der Waals surface area contributed by atoms with Crippen LogP contribution in [-0.2, 0) is 9.47 Å². The van der Waals surface area contributed by atoms with Gasteiger partial charge in [0.1, 0.15) is 28.9 Å². The molecule has 2 aromatic heterocycles. The lowest BCUT2D eigenvalue weighted by Gasteiger charge is -2.40. The highest BCUT2D eigenvalue weighted by Gasteiger charge is 2.45. The summed E-state index contributed by atoms with van der Waals surface area (Å²) < 4.78 is 10.6. The van der Waals surface area contributed by atoms with Gasteiger partial charge in [-0.1, -0.05) is 0 Å². The SMILES string of the molecule is COC(=O)c1cnc(Nc2cnc(C#N)cn2)cc1N[C@@H]1C[C@H]2CC[C@@H](C1)N2C(=O)OC(C)(C)C. The van der Waals surface area contributed by atoms with E-state index < -0.39 is 11.6 Å². The Morgan fingerprint density at radius 2 is 1.77 bits per heavy atom. The standard InChI is InChI=1S/C24H29N7O4/c1-24(2,3)35-23(33)31-16-5-6-17(31)8-14(7-16)29-19-9-20(28-12-18(19)22(32)34-4)30-21-13-26-15(10-25)11-27-21/h9,11-14,16-17H,5-8H2,1-4H3,(H2,27,28,29,30)/t14-,16-,17+. The highest BCUT2D eigenvalue weighted by Crippen LogP contribution is 2.38. The van der Waals surface area contributed by atoms with Crippen molar-refractivity contribution >= 4 is 29.4 Å². The van der Waals surface area contributed by atoms with E-state index in [0.29, 0.717) is 22.9 Å². The molecule has 0 aromatic carbocycles. The van der Waals surface area contributed by atoms with Crippen LogP contribution in [0.4, 0.5) is 22.1 Å². The molecule has 2 N–H and O–H groups in total. The van der Waals surface area contributed by atoms with Crippen molar-refractivity contribution < 1.29 is 19.1 Å². The number of amides is 1. The zero-order valence-electron chi connectivity index (χ0n) is 20.2. The van der Waals surface area contributed by atoms with Crippen LogP contribution < -0.4 is 10.6 Å². The van der Waals surface area contributed by atoms with Crippen molar-refractivity contribution in [1.29, 1.82) is 5.26 Å². The molecule has 1 amide bonds. The zero-order valence-corrected chi connectivity index (χ0v) is 20.2. The average Bonchev–Trinajstić information content (AvgIpc) is 3.09. The Kier molecular flexibility index (Phi) is 6.73. The Bertz CT molecular complexity index is 1130. The summed E-state index contributed by atoms with van der Waals surface area (Å²) >= 11 is 0. The fraction of sp³-hybridized carbons (Fsp3) is 0.500. The number of hydrogen-bond donors (Lipinski definition) is 2. The van der Waals surface area contributed by atoms with Crippen LogP contribution in [0.1, 0.15) is 62.5 Å². The topological polar surface area (TPSA) is 142 Å². The highest BCUT2D eigenvalue weighted by molar-refractivity contribution is 5.96. The maximum absolute atomic E-state index is 12.8. The van der Waals surface area contributed by atoms with Crippen molar-refractivity contribution in [2.75, 3.05) is 17.7 Å². The highest BCUT2D eigenvalue weighted by atomic mass is 16.6. The molecule has 2 aromatic rings. The van der Waals surface area contributed by atoms with Crippen LogP contribution in [0.3, 0.4) is 0 Å². The molecule has 3 atom stereocenters. The normalized spacial score (nSPS) is 21.1. The van der Waals surface area contributed by atoms with E-state index >= 15 is 0 Å². The summed E-state index contributed by atoms with van der Waals surface area (Å²) in [5, 5.41) is 15.4. The monoisotopic (exact) mass is 479 g/mol. The molecule has 35 heavy (non-hydrogen) atoms. The molecule has 184 valence electrons. The fourth-order valence-corrected chi connectivity index (χ4v) is 4.62. The maximum Gasteiger partial charge on any atom is 0.410 e. The number of aromatic nitrogens is 3. The summed E-state index contributed by atoms with van der Waals surface area (Å²) in [6.07, 6.45) is 7.30. The number of fused-ring (bicyclic) bond motifs is 2. The first-order valence-electron chi connectivity index (χ1n) is 11.5. The van der Waals surface area contributed by atoms with Crippen molar-refractivity contribution in [1.82, 2.24) is 19.9 Å². The van der Waals surface area contributed by atoms with Crippen LogP contribution in [0.2, 0.25) is 0 Å². The summed E-state index contributed by atoms with van der Waals surface area (Å²) in [5.74, 6) is 0.365. The van der Waals surface area contributed by atoms with Crippen LogP contribution in [0.5, 0.6) is 0 Å². The molecule has 0 spiro atoms. The van der Waals surface area contributed by atoms with Gasteiger partial charge in [-0.15, -0.1) is 0 Å². The fourth-order valence-electron chi connectivity index (χ4n) is 4.62. The average molecular weight is 480 g/mol. The number of methoxy groups -OCH3 is 1. The molecule has 0 saturated carbocycles. The van der Waals surface area contributed by atoms with Crippen LogP contribution in [-0.4, -0.2) is 62.8 Å². The number of rotatable bonds is 5. The molecular formula is C24H29N7O4. The molecule has 2 saturated heterocycles. The first-order chi connectivity index (χ1) is 16.7. The van der Waals surface area contributed by atoms with Crippen LogP contribution in [0.15, 0.2) is 24.7 Å². The molecule has 0 radical (unpaired) electrons. The molecule has 11 nitrogen and oxygen atoms in total. The molecule has 4 heterocycles. The van der Waals surface area contributed by atoms with Gasteiger partial charge in [0, 0.05) is 30.4 Å². The van der Waals surface area contributed by atoms with Crippen LogP contribution >= 0.6 is 0 Å². The molecular weight excluding hydrogens is 450 g/mol. The molecule has 2 aliphatic heterocycles. The number of nitriles is 1. The predicted octanol–water partition coefficient (Wildman–Crippen LogP) is 3.62. The first-order valence-corrected chi connectivity index (χ1v) is 11.5. The number of nitrogens with zero attached hydrogens (tertiary/aromatic N) is 5. The quantitative estimate of drug-likeness (QED) is 0.610. The van der Waals surface area contributed by atoms with Gasteiger partial charge in [-0.05, 0) is 46.5 Å². The van der Waals surface area contributed by atoms with E-state index in [-0.39, 0.29) is 29.9 Å². The molecule has 11 heteroatoms. The Labute approximate surface area is 203 Å². The smallest absolute Gasteiger partial charge is 0.410 e. The van der Waals surface area contributed by atoms with Gasteiger partial charge in [-0.25, -0.2) is 24.5 Å². The Balaban J connectivity index is 1.51. The third-order valence-electron chi connectivity index (χ3n) is 6.03. The Morgan fingerprint density at radius 1 is 1.09 bits per heavy atom. The number of carbonyl (C=O) groups excluding carboxylic acids is 2. The van der Waals surface area contributed by atoms with Crippen LogP contribution in [0, 0.1) is 11.3 Å². The summed E-state index contributed by atoms with van der Waals surface area (Å²) in [4.78, 5) is 39.5. The molecule has 4 rings (SSSR count). The third-order valence-corrected chi connectivity index (χ3v) is 6.03. The molecule has 0 aliphatic carbocycles. The minimum atomic E-state index is -0.541. The zero-order chi connectivity index (χ0) is 25.2. The summed E-state index contributed by atoms with van der Waals surface area (Å²) in [6, 6.07) is 3.85. The number of carbonyl (C=O) groups is 2. The largest absolute Gasteiger partial charge is 0.465 e. The first kappa shape index (κ1) is 24.2. The number of hydrogen-bond acceptors (Lipinski definition) is 10. The van der Waals surface area contributed by atoms with E-state index in [4.69, 9.17) is 14.7 Å². The summed E-state index contributed by atoms with van der Waals surface area (Å²) in [6.45, 7) is 5.61. The lowest BCUT2D eigenvalue weighted by molar-refractivity contribution is 0.00683. The minimum absolute atomic E-state index is 0.0551. The summed E-state index contributed by atoms with van der Waals surface area (Å²) in [5.41, 5.74) is 0.553. The summed E-state index contributed by atoms with van der Waals surface area (Å²) in [7, 11) is 1.32. The second-order valence-corrected chi connectivity index (χ2v) is 9.72. The number of pyridine rings is 1. The van der Waals surface area contributed by atoms with Crippen molar-refractivity contribution in [3.8, 4) is 6.07 Å². The lowest BCUT2D eigenvalue weighted by Crippen LogP contribution is -2.51. The van der Waals surface area contributed by atoms with Crippen molar-refractivity contribution in [3.63, 3.8) is 0 Å². The predicted molar refractivity (Wildman–Crippen MR) is 127 cm³/mol. The van der Waals surface area contributed by atoms with Gasteiger partial charge >= 0.3 is 12.1 Å². The van der Waals surface area contributed by atoms with E-state index in [1.54, 1.807) is 6.07 Å². The van der Waals surface area contributed by atoms with Gasteiger partial charge in [0.25, 0.3) is 0 Å². The van der Waals surface area contributed by atoms with Gasteiger partial charge in [0.05, 0.1) is 25.2 Å². The number of esters is 1. The maximum atomic E-state index is 12.8. The lowest BCUT2D eigenvalue weighted by atomic mass is 9.97. The number of nitrogens with one attached hydrogen (secondary N) is 2. The Hall–Kier alpha value is -3.94. The number of ether oxygens (including phenoxy) is 2. The van der Waals surface area contributed by atoms with Crippen molar-refractivity contribution in [3.05, 3.63) is 35.9 Å². The molecule has 2 fully saturated rings. The van der Waals surface area contributed by atoms with Gasteiger partial charge in [-0.2, -0.15) is 5.26 Å². The Morgan fingerprint density at radius 3 is 2.34 bits per heavy atom. The van der Waals surface area contributed by atoms with E-state index in [1.807, 2.05) is 31.7 Å². The van der Waals surface area contributed by atoms with Gasteiger partial charge < -0.3 is 25.0 Å². The van der Waals surface area contributed by atoms with E-state index in [2.05, 4.69) is 25.6 Å². The van der Waals surface area contributed by atoms with Gasteiger partial charge in [0.15, 0.2) is 5.69 Å². The molecule has 2 bridgehead atoms. The second-order valence-electron chi connectivity index (χ2n) is 9.72. The molecule has 2 aliphatic rings. The van der Waals surface area contributed by atoms with Crippen molar-refractivity contribution in [2.24, 2.45) is 0 Å². The van der Waals surface area contributed by atoms with E-state index in [0.717, 1.165) is 25.7 Å². The van der Waals surface area contributed by atoms with Crippen molar-refractivity contribution in [2.45, 2.75) is 70.2 Å². The van der Waals surface area contributed by atoms with Crippen LogP contribution in [0.25, 0.3) is 0 Å². The van der Waals surface area contributed by atoms with E-state index in [1.165, 1.54) is 25.7 Å². The molecule has 0 unspecified atom stereocenters. The number of anilines is 3. The van der Waals surface area contributed by atoms with Gasteiger partial charge in [-0.3, -0.25) is 0 Å². The number of piperidine rings is 1.